The first-order valence-corrected chi connectivity index (χ1v) is 13.8. The Morgan fingerprint density at radius 1 is 0.921 bits per heavy atom. The molecule has 0 radical (unpaired) electrons. The monoisotopic (exact) mass is 512 g/mol. The van der Waals surface area contributed by atoms with E-state index < -0.39 is 0 Å². The van der Waals surface area contributed by atoms with E-state index in [0.29, 0.717) is 12.5 Å². The van der Waals surface area contributed by atoms with Crippen LogP contribution in [0.25, 0.3) is 0 Å². The molecular formula is C32H36N2O4. The van der Waals surface area contributed by atoms with Crippen molar-refractivity contribution in [3.05, 3.63) is 81.9 Å². The zero-order valence-electron chi connectivity index (χ0n) is 22.5. The van der Waals surface area contributed by atoms with Crippen LogP contribution in [0.5, 0.6) is 17.2 Å². The van der Waals surface area contributed by atoms with Crippen LogP contribution in [0.1, 0.15) is 65.6 Å². The van der Waals surface area contributed by atoms with Crippen LogP contribution in [-0.2, 0) is 24.1 Å². The van der Waals surface area contributed by atoms with Crippen molar-refractivity contribution in [3.8, 4) is 17.2 Å². The molecule has 1 amide bonds. The first-order valence-electron chi connectivity index (χ1n) is 13.8. The van der Waals surface area contributed by atoms with Gasteiger partial charge in [0.25, 0.3) is 0 Å². The highest BCUT2D eigenvalue weighted by atomic mass is 16.7. The second kappa shape index (κ2) is 10.3. The molecule has 1 unspecified atom stereocenters. The van der Waals surface area contributed by atoms with Crippen LogP contribution < -0.4 is 19.5 Å². The number of anilines is 1. The fraction of sp³-hybridized carbons (Fsp3) is 0.406. The van der Waals surface area contributed by atoms with E-state index in [9.17, 15) is 4.79 Å². The summed E-state index contributed by atoms with van der Waals surface area (Å²) in [6, 6.07) is 17.3. The van der Waals surface area contributed by atoms with Crippen LogP contribution in [-0.4, -0.2) is 37.3 Å². The predicted octanol–water partition coefficient (Wildman–Crippen LogP) is 5.95. The molecule has 3 aromatic carbocycles. The van der Waals surface area contributed by atoms with Gasteiger partial charge >= 0.3 is 0 Å². The van der Waals surface area contributed by atoms with Gasteiger partial charge in [-0.1, -0.05) is 49.7 Å². The average molecular weight is 513 g/mol. The molecule has 3 aliphatic heterocycles. The zero-order valence-corrected chi connectivity index (χ0v) is 22.5. The number of hydrogen-bond acceptors (Lipinski definition) is 5. The van der Waals surface area contributed by atoms with E-state index >= 15 is 0 Å². The summed E-state index contributed by atoms with van der Waals surface area (Å²) in [6.45, 7) is 8.58. The first kappa shape index (κ1) is 24.8. The number of likely N-dealkylation sites (tertiary alicyclic amines) is 1. The number of aryl methyl sites for hydroxylation is 3. The summed E-state index contributed by atoms with van der Waals surface area (Å²) in [5, 5.41) is 3.30. The standard InChI is InChI=1S/C32H36N2O4/c1-4-21-12-20(3)13-22(5-2)32(21)33-31(35)18-34-17-26(23-6-9-29-30(16-23)38-19-37-29)15-27(34)24-7-8-28-25(14-24)10-11-36-28/h6-9,12-14,16,26-27H,4-5,10-11,15,17-19H2,1-3H3,(H,33,35)/t26-,27?/m1/s1. The van der Waals surface area contributed by atoms with E-state index in [4.69, 9.17) is 14.2 Å². The molecule has 2 atom stereocenters. The molecule has 6 rings (SSSR count). The third kappa shape index (κ3) is 4.73. The van der Waals surface area contributed by atoms with Gasteiger partial charge in [0.05, 0.1) is 13.2 Å². The molecule has 3 aliphatic rings. The Bertz CT molecular complexity index is 1340. The Morgan fingerprint density at radius 2 is 1.66 bits per heavy atom. The Balaban J connectivity index is 1.27. The number of carbonyl (C=O) groups excluding carboxylic acids is 1. The Morgan fingerprint density at radius 3 is 2.45 bits per heavy atom. The molecule has 6 nitrogen and oxygen atoms in total. The lowest BCUT2D eigenvalue weighted by Gasteiger charge is -2.25. The number of carbonyl (C=O) groups is 1. The molecule has 198 valence electrons. The summed E-state index contributed by atoms with van der Waals surface area (Å²) in [5.41, 5.74) is 8.37. The molecular weight excluding hydrogens is 476 g/mol. The quantitative estimate of drug-likeness (QED) is 0.424. The Hall–Kier alpha value is -3.51. The maximum atomic E-state index is 13.5. The SMILES string of the molecule is CCc1cc(C)cc(CC)c1NC(=O)CN1C[C@H](c2ccc3c(c2)OCO3)CC1c1ccc2c(c1)CCO2. The van der Waals surface area contributed by atoms with Gasteiger partial charge in [0.15, 0.2) is 11.5 Å². The van der Waals surface area contributed by atoms with Gasteiger partial charge in [-0.2, -0.15) is 0 Å². The highest BCUT2D eigenvalue weighted by Gasteiger charge is 2.36. The maximum Gasteiger partial charge on any atom is 0.238 e. The second-order valence-electron chi connectivity index (χ2n) is 10.7. The van der Waals surface area contributed by atoms with Crippen molar-refractivity contribution in [1.29, 1.82) is 0 Å². The molecule has 3 aromatic rings. The van der Waals surface area contributed by atoms with Crippen molar-refractivity contribution in [2.45, 2.75) is 58.4 Å². The molecule has 1 fully saturated rings. The lowest BCUT2D eigenvalue weighted by Crippen LogP contribution is -2.33. The normalized spacial score (nSPS) is 19.9. The summed E-state index contributed by atoms with van der Waals surface area (Å²) in [7, 11) is 0. The predicted molar refractivity (Wildman–Crippen MR) is 148 cm³/mol. The minimum absolute atomic E-state index is 0.0408. The van der Waals surface area contributed by atoms with Crippen molar-refractivity contribution in [1.82, 2.24) is 4.90 Å². The van der Waals surface area contributed by atoms with Crippen molar-refractivity contribution in [3.63, 3.8) is 0 Å². The average Bonchev–Trinajstić information content (AvgIpc) is 3.68. The van der Waals surface area contributed by atoms with Gasteiger partial charge in [0, 0.05) is 24.7 Å². The number of fused-ring (bicyclic) bond motifs is 2. The highest BCUT2D eigenvalue weighted by Crippen LogP contribution is 2.44. The Labute approximate surface area is 224 Å². The van der Waals surface area contributed by atoms with Crippen LogP contribution in [0.2, 0.25) is 0 Å². The largest absolute Gasteiger partial charge is 0.493 e. The number of ether oxygens (including phenoxy) is 3. The van der Waals surface area contributed by atoms with Crippen molar-refractivity contribution in [2.24, 2.45) is 0 Å². The van der Waals surface area contributed by atoms with Crippen LogP contribution >= 0.6 is 0 Å². The lowest BCUT2D eigenvalue weighted by molar-refractivity contribution is -0.117. The van der Waals surface area contributed by atoms with Gasteiger partial charge in [-0.3, -0.25) is 9.69 Å². The van der Waals surface area contributed by atoms with E-state index in [2.05, 4.69) is 73.5 Å². The van der Waals surface area contributed by atoms with Crippen LogP contribution in [0.15, 0.2) is 48.5 Å². The molecule has 6 heteroatoms. The number of benzene rings is 3. The number of hydrogen-bond donors (Lipinski definition) is 1. The van der Waals surface area contributed by atoms with Gasteiger partial charge in [-0.25, -0.2) is 0 Å². The topological polar surface area (TPSA) is 60.0 Å². The summed E-state index contributed by atoms with van der Waals surface area (Å²) in [6.07, 6.45) is 3.66. The number of nitrogens with zero attached hydrogens (tertiary/aromatic N) is 1. The molecule has 3 heterocycles. The van der Waals surface area contributed by atoms with Crippen LogP contribution in [0.3, 0.4) is 0 Å². The molecule has 0 aromatic heterocycles. The van der Waals surface area contributed by atoms with E-state index in [1.54, 1.807) is 0 Å². The minimum atomic E-state index is 0.0408. The molecule has 0 saturated carbocycles. The van der Waals surface area contributed by atoms with Crippen molar-refractivity contribution < 1.29 is 19.0 Å². The lowest BCUT2D eigenvalue weighted by atomic mass is 9.93. The third-order valence-electron chi connectivity index (χ3n) is 8.19. The summed E-state index contributed by atoms with van der Waals surface area (Å²) < 4.78 is 16.9. The number of rotatable bonds is 7. The first-order chi connectivity index (χ1) is 18.5. The maximum absolute atomic E-state index is 13.5. The van der Waals surface area contributed by atoms with Crippen molar-refractivity contribution >= 4 is 11.6 Å². The van der Waals surface area contributed by atoms with Gasteiger partial charge in [0.1, 0.15) is 5.75 Å². The highest BCUT2D eigenvalue weighted by molar-refractivity contribution is 5.94. The number of amides is 1. The second-order valence-corrected chi connectivity index (χ2v) is 10.7. The molecule has 0 aliphatic carbocycles. The van der Waals surface area contributed by atoms with Gasteiger partial charge in [0.2, 0.25) is 12.7 Å². The Kier molecular flexibility index (Phi) is 6.75. The molecule has 1 N–H and O–H groups in total. The van der Waals surface area contributed by atoms with Gasteiger partial charge < -0.3 is 19.5 Å². The van der Waals surface area contributed by atoms with E-state index in [0.717, 1.165) is 61.8 Å². The summed E-state index contributed by atoms with van der Waals surface area (Å²) in [5.74, 6) is 2.93. The van der Waals surface area contributed by atoms with E-state index in [1.807, 2.05) is 6.07 Å². The van der Waals surface area contributed by atoms with Crippen molar-refractivity contribution in [2.75, 3.05) is 31.8 Å². The van der Waals surface area contributed by atoms with E-state index in [-0.39, 0.29) is 18.7 Å². The van der Waals surface area contributed by atoms with E-state index in [1.165, 1.54) is 33.4 Å². The summed E-state index contributed by atoms with van der Waals surface area (Å²) >= 11 is 0. The smallest absolute Gasteiger partial charge is 0.238 e. The summed E-state index contributed by atoms with van der Waals surface area (Å²) in [4.78, 5) is 15.9. The minimum Gasteiger partial charge on any atom is -0.493 e. The van der Waals surface area contributed by atoms with Crippen LogP contribution in [0.4, 0.5) is 5.69 Å². The molecule has 0 bridgehead atoms. The zero-order chi connectivity index (χ0) is 26.2. The van der Waals surface area contributed by atoms with Gasteiger partial charge in [-0.05, 0) is 78.1 Å². The fourth-order valence-electron chi connectivity index (χ4n) is 6.27. The number of nitrogens with one attached hydrogen (secondary N) is 1. The molecule has 38 heavy (non-hydrogen) atoms. The van der Waals surface area contributed by atoms with Gasteiger partial charge in [-0.15, -0.1) is 0 Å². The molecule has 1 saturated heterocycles. The van der Waals surface area contributed by atoms with Crippen LogP contribution in [0, 0.1) is 6.92 Å². The fourth-order valence-corrected chi connectivity index (χ4v) is 6.27. The third-order valence-corrected chi connectivity index (χ3v) is 8.19. The molecule has 0 spiro atoms.